The average Bonchev–Trinajstić information content (AvgIpc) is 3.07. The lowest BCUT2D eigenvalue weighted by atomic mass is 9.81. The van der Waals surface area contributed by atoms with Crippen molar-refractivity contribution >= 4 is 11.6 Å². The van der Waals surface area contributed by atoms with Gasteiger partial charge in [-0.25, -0.2) is 0 Å². The summed E-state index contributed by atoms with van der Waals surface area (Å²) in [6.07, 6.45) is 1.03. The molecule has 4 rings (SSSR count). The summed E-state index contributed by atoms with van der Waals surface area (Å²) >= 11 is 6.34. The third-order valence-corrected chi connectivity index (χ3v) is 6.13. The van der Waals surface area contributed by atoms with Gasteiger partial charge in [-0.1, -0.05) is 41.9 Å². The highest BCUT2D eigenvalue weighted by Gasteiger charge is 2.44. The number of fused-ring (bicyclic) bond motifs is 1. The molecule has 0 fully saturated rings. The molecule has 2 heterocycles. The molecule has 0 aliphatic carbocycles. The molecule has 0 bridgehead atoms. The highest BCUT2D eigenvalue weighted by Crippen LogP contribution is 2.31. The van der Waals surface area contributed by atoms with Gasteiger partial charge in [-0.15, -0.1) is 5.10 Å². The molecule has 3 aromatic rings. The Kier molecular flexibility index (Phi) is 4.09. The van der Waals surface area contributed by atoms with Gasteiger partial charge in [0.25, 0.3) is 0 Å². The second kappa shape index (κ2) is 6.18. The van der Waals surface area contributed by atoms with Crippen LogP contribution >= 0.6 is 11.6 Å². The number of tetrazole rings is 1. The van der Waals surface area contributed by atoms with Crippen molar-refractivity contribution in [3.8, 4) is 5.69 Å². The van der Waals surface area contributed by atoms with Crippen LogP contribution in [0.2, 0.25) is 5.02 Å². The molecule has 1 N–H and O–H groups in total. The lowest BCUT2D eigenvalue weighted by Crippen LogP contribution is -3.18. The predicted octanol–water partition coefficient (Wildman–Crippen LogP) is 2.56. The zero-order valence-electron chi connectivity index (χ0n) is 15.5. The summed E-state index contributed by atoms with van der Waals surface area (Å²) in [5.41, 5.74) is 4.64. The monoisotopic (exact) mass is 368 g/mol. The third kappa shape index (κ3) is 2.63. The normalized spacial score (nSPS) is 21.4. The van der Waals surface area contributed by atoms with E-state index in [9.17, 15) is 0 Å². The summed E-state index contributed by atoms with van der Waals surface area (Å²) in [6.45, 7) is 6.59. The molecular weight excluding hydrogens is 346 g/mol. The van der Waals surface area contributed by atoms with Crippen LogP contribution in [-0.4, -0.2) is 32.8 Å². The Bertz CT molecular complexity index is 962. The maximum absolute atomic E-state index is 6.34. The first-order valence-corrected chi connectivity index (χ1v) is 9.23. The predicted molar refractivity (Wildman–Crippen MR) is 102 cm³/mol. The van der Waals surface area contributed by atoms with Gasteiger partial charge in [0, 0.05) is 17.0 Å². The van der Waals surface area contributed by atoms with E-state index in [2.05, 4.69) is 60.7 Å². The maximum Gasteiger partial charge on any atom is 0.219 e. The van der Waals surface area contributed by atoms with Crippen LogP contribution in [0.15, 0.2) is 42.5 Å². The van der Waals surface area contributed by atoms with Gasteiger partial charge < -0.3 is 4.90 Å². The molecule has 0 radical (unpaired) electrons. The van der Waals surface area contributed by atoms with Crippen LogP contribution in [-0.2, 0) is 6.42 Å². The number of nitrogens with zero attached hydrogens (tertiary/aromatic N) is 4. The van der Waals surface area contributed by atoms with Crippen LogP contribution in [0.4, 0.5) is 0 Å². The van der Waals surface area contributed by atoms with E-state index in [-0.39, 0.29) is 11.6 Å². The Morgan fingerprint density at radius 1 is 1.15 bits per heavy atom. The van der Waals surface area contributed by atoms with Crippen molar-refractivity contribution in [2.45, 2.75) is 38.8 Å². The van der Waals surface area contributed by atoms with E-state index in [1.807, 2.05) is 29.8 Å². The van der Waals surface area contributed by atoms with Crippen LogP contribution in [0.3, 0.4) is 0 Å². The summed E-state index contributed by atoms with van der Waals surface area (Å²) in [5, 5.41) is 13.5. The maximum atomic E-state index is 6.34. The van der Waals surface area contributed by atoms with Crippen molar-refractivity contribution in [2.24, 2.45) is 0 Å². The van der Waals surface area contributed by atoms with E-state index in [4.69, 9.17) is 11.6 Å². The van der Waals surface area contributed by atoms with Crippen LogP contribution in [0.1, 0.15) is 42.4 Å². The minimum Gasteiger partial charge on any atom is -0.320 e. The fraction of sp³-hybridized carbons (Fsp3) is 0.350. The van der Waals surface area contributed by atoms with Gasteiger partial charge in [0.1, 0.15) is 0 Å². The van der Waals surface area contributed by atoms with Crippen molar-refractivity contribution < 1.29 is 4.90 Å². The molecule has 1 aliphatic rings. The molecule has 0 saturated carbocycles. The van der Waals surface area contributed by atoms with Crippen molar-refractivity contribution in [3.05, 3.63) is 70.0 Å². The largest absolute Gasteiger partial charge is 0.320 e. The number of benzene rings is 2. The molecule has 0 amide bonds. The van der Waals surface area contributed by atoms with E-state index >= 15 is 0 Å². The van der Waals surface area contributed by atoms with Gasteiger partial charge in [0.15, 0.2) is 6.04 Å². The Balaban J connectivity index is 1.92. The van der Waals surface area contributed by atoms with Gasteiger partial charge in [-0.2, -0.15) is 4.68 Å². The first kappa shape index (κ1) is 17.2. The molecule has 26 heavy (non-hydrogen) atoms. The Hall–Kier alpha value is -2.24. The number of likely N-dealkylation sites (N-methyl/N-ethyl adjacent to an activating group) is 1. The lowest BCUT2D eigenvalue weighted by molar-refractivity contribution is -0.957. The van der Waals surface area contributed by atoms with Crippen molar-refractivity contribution in [1.82, 2.24) is 20.2 Å². The van der Waals surface area contributed by atoms with Crippen molar-refractivity contribution in [1.29, 1.82) is 0 Å². The molecule has 134 valence electrons. The second-order valence-corrected chi connectivity index (χ2v) is 8.12. The zero-order chi connectivity index (χ0) is 18.5. The smallest absolute Gasteiger partial charge is 0.219 e. The molecular formula is C20H23ClN5+. The number of quaternary nitrogens is 1. The first-order valence-electron chi connectivity index (χ1n) is 8.85. The Labute approximate surface area is 158 Å². The van der Waals surface area contributed by atoms with Gasteiger partial charge in [-0.3, -0.25) is 0 Å². The number of rotatable bonds is 2. The molecule has 2 atom stereocenters. The number of hydrogen-bond acceptors (Lipinski definition) is 3. The molecule has 1 unspecified atom stereocenters. The van der Waals surface area contributed by atoms with E-state index in [0.717, 1.165) is 23.5 Å². The summed E-state index contributed by atoms with van der Waals surface area (Å²) in [4.78, 5) is 1.38. The fourth-order valence-electron chi connectivity index (χ4n) is 3.92. The number of hydrogen-bond donors (Lipinski definition) is 1. The van der Waals surface area contributed by atoms with Crippen molar-refractivity contribution in [3.63, 3.8) is 0 Å². The Morgan fingerprint density at radius 2 is 1.92 bits per heavy atom. The third-order valence-electron chi connectivity index (χ3n) is 5.72. The van der Waals surface area contributed by atoms with Crippen LogP contribution in [0, 0.1) is 6.92 Å². The van der Waals surface area contributed by atoms with Gasteiger partial charge >= 0.3 is 0 Å². The van der Waals surface area contributed by atoms with Gasteiger partial charge in [0.2, 0.25) is 5.82 Å². The molecule has 6 heteroatoms. The van der Waals surface area contributed by atoms with Crippen LogP contribution in [0.5, 0.6) is 0 Å². The number of nitrogens with one attached hydrogen (secondary N) is 1. The Morgan fingerprint density at radius 3 is 2.73 bits per heavy atom. The first-order chi connectivity index (χ1) is 12.4. The van der Waals surface area contributed by atoms with Gasteiger partial charge in [0.05, 0.1) is 18.3 Å². The topological polar surface area (TPSA) is 48.0 Å². The second-order valence-electron chi connectivity index (χ2n) is 7.71. The summed E-state index contributed by atoms with van der Waals surface area (Å²) in [6, 6.07) is 14.5. The quantitative estimate of drug-likeness (QED) is 0.756. The lowest BCUT2D eigenvalue weighted by Gasteiger charge is -2.42. The summed E-state index contributed by atoms with van der Waals surface area (Å²) in [5.74, 6) is 0.841. The van der Waals surface area contributed by atoms with Crippen LogP contribution < -0.4 is 4.90 Å². The highest BCUT2D eigenvalue weighted by molar-refractivity contribution is 6.31. The number of halogens is 1. The molecule has 0 spiro atoms. The molecule has 2 aromatic carbocycles. The minimum absolute atomic E-state index is 0.0586. The summed E-state index contributed by atoms with van der Waals surface area (Å²) < 4.78 is 1.84. The van der Waals surface area contributed by atoms with Gasteiger partial charge in [-0.05, 0) is 54.5 Å². The SMILES string of the molecule is Cc1c(Cl)cccc1-n1nnnc1[C@H]1c2ccccc2CC(C)(C)[NH+]1C. The van der Waals surface area contributed by atoms with E-state index in [1.165, 1.54) is 16.0 Å². The van der Waals surface area contributed by atoms with Crippen molar-refractivity contribution in [2.75, 3.05) is 7.05 Å². The zero-order valence-corrected chi connectivity index (χ0v) is 16.2. The van der Waals surface area contributed by atoms with E-state index in [0.29, 0.717) is 5.02 Å². The minimum atomic E-state index is 0.0586. The fourth-order valence-corrected chi connectivity index (χ4v) is 4.09. The summed E-state index contributed by atoms with van der Waals surface area (Å²) in [7, 11) is 2.23. The van der Waals surface area contributed by atoms with E-state index < -0.39 is 0 Å². The molecule has 0 saturated heterocycles. The highest BCUT2D eigenvalue weighted by atomic mass is 35.5. The number of aromatic nitrogens is 4. The standard InChI is InChI=1S/C20H22ClN5/c1-13-16(21)10-7-11-17(13)26-19(22-23-24-26)18-15-9-6-5-8-14(15)12-20(2,3)25(18)4/h5-11,18H,12H2,1-4H3/p+1/t18-/m1/s1. The molecule has 5 nitrogen and oxygen atoms in total. The molecule has 1 aromatic heterocycles. The molecule has 1 aliphatic heterocycles. The van der Waals surface area contributed by atoms with Crippen LogP contribution in [0.25, 0.3) is 5.69 Å². The average molecular weight is 369 g/mol. The van der Waals surface area contributed by atoms with E-state index in [1.54, 1.807) is 0 Å².